The number of carbonyl (C=O) groups excluding carboxylic acids is 2. The molecule has 3 rings (SSSR count). The smallest absolute Gasteiger partial charge is 0.319 e. The fourth-order valence-corrected chi connectivity index (χ4v) is 4.80. The minimum absolute atomic E-state index is 0.0223. The predicted octanol–water partition coefficient (Wildman–Crippen LogP) is 1.60. The molecule has 3 amide bonds. The van der Waals surface area contributed by atoms with Crippen LogP contribution in [-0.2, 0) is 14.8 Å². The molecule has 162 valence electrons. The Labute approximate surface area is 181 Å². The van der Waals surface area contributed by atoms with E-state index in [4.69, 9.17) is 0 Å². The van der Waals surface area contributed by atoms with E-state index in [9.17, 15) is 23.3 Å². The van der Waals surface area contributed by atoms with Crippen LogP contribution in [0.3, 0.4) is 0 Å². The molecule has 1 heterocycles. The van der Waals surface area contributed by atoms with Gasteiger partial charge in [0.05, 0.1) is 10.5 Å². The Hall–Kier alpha value is -3.42. The maximum absolute atomic E-state index is 12.9. The first-order valence-electron chi connectivity index (χ1n) is 9.79. The molecule has 0 radical (unpaired) electrons. The molecule has 0 saturated carbocycles. The van der Waals surface area contributed by atoms with Gasteiger partial charge in [-0.3, -0.25) is 4.79 Å². The quantitative estimate of drug-likeness (QED) is 0.705. The molecule has 2 N–H and O–H groups in total. The largest absolute Gasteiger partial charge is 0.340 e. The monoisotopic (exact) mass is 441 g/mol. The fraction of sp³-hybridized carbons (Fsp3) is 0.286. The van der Waals surface area contributed by atoms with Crippen LogP contribution >= 0.6 is 0 Å². The van der Waals surface area contributed by atoms with E-state index in [-0.39, 0.29) is 55.5 Å². The number of carbonyl (C=O) groups is 2. The van der Waals surface area contributed by atoms with Gasteiger partial charge in [0.25, 0.3) is 0 Å². The summed E-state index contributed by atoms with van der Waals surface area (Å²) in [6.45, 7) is 0.975. The van der Waals surface area contributed by atoms with Crippen molar-refractivity contribution in [3.63, 3.8) is 0 Å². The van der Waals surface area contributed by atoms with Gasteiger partial charge in [0.15, 0.2) is 0 Å². The molecule has 1 fully saturated rings. The molecule has 1 saturated heterocycles. The number of rotatable bonds is 6. The molecular formula is C21H23N5O4S. The van der Waals surface area contributed by atoms with Crippen molar-refractivity contribution in [1.82, 2.24) is 14.5 Å². The van der Waals surface area contributed by atoms with E-state index >= 15 is 0 Å². The fourth-order valence-electron chi connectivity index (χ4n) is 3.24. The Balaban J connectivity index is 1.46. The van der Waals surface area contributed by atoms with Crippen LogP contribution in [0.2, 0.25) is 0 Å². The lowest BCUT2D eigenvalue weighted by atomic mass is 10.2. The van der Waals surface area contributed by atoms with E-state index in [2.05, 4.69) is 10.6 Å². The van der Waals surface area contributed by atoms with Crippen molar-refractivity contribution in [3.05, 3.63) is 60.2 Å². The van der Waals surface area contributed by atoms with Gasteiger partial charge in [-0.2, -0.15) is 9.57 Å². The molecule has 31 heavy (non-hydrogen) atoms. The zero-order chi connectivity index (χ0) is 22.3. The zero-order valence-corrected chi connectivity index (χ0v) is 17.6. The molecule has 10 heteroatoms. The first-order valence-corrected chi connectivity index (χ1v) is 11.2. The van der Waals surface area contributed by atoms with Crippen molar-refractivity contribution in [1.29, 1.82) is 5.26 Å². The average molecular weight is 442 g/mol. The molecule has 0 spiro atoms. The average Bonchev–Trinajstić information content (AvgIpc) is 2.79. The number of nitriles is 1. The zero-order valence-electron chi connectivity index (χ0n) is 16.8. The number of urea groups is 1. The van der Waals surface area contributed by atoms with Crippen molar-refractivity contribution in [2.75, 3.05) is 38.0 Å². The molecule has 2 aromatic rings. The molecule has 0 unspecified atom stereocenters. The lowest BCUT2D eigenvalue weighted by Crippen LogP contribution is -2.51. The highest BCUT2D eigenvalue weighted by atomic mass is 32.2. The van der Waals surface area contributed by atoms with Gasteiger partial charge in [0.2, 0.25) is 15.9 Å². The topological polar surface area (TPSA) is 123 Å². The molecule has 2 aromatic carbocycles. The normalized spacial score (nSPS) is 14.5. The second kappa shape index (κ2) is 10.1. The van der Waals surface area contributed by atoms with Crippen molar-refractivity contribution in [2.45, 2.75) is 11.3 Å². The van der Waals surface area contributed by atoms with Crippen LogP contribution in [0.5, 0.6) is 0 Å². The number of nitrogens with one attached hydrogen (secondary N) is 2. The molecular weight excluding hydrogens is 418 g/mol. The Morgan fingerprint density at radius 1 is 0.968 bits per heavy atom. The first-order chi connectivity index (χ1) is 14.9. The van der Waals surface area contributed by atoms with Crippen LogP contribution in [0, 0.1) is 11.3 Å². The number of benzene rings is 2. The highest BCUT2D eigenvalue weighted by Crippen LogP contribution is 2.21. The lowest BCUT2D eigenvalue weighted by molar-refractivity contribution is -0.132. The summed E-state index contributed by atoms with van der Waals surface area (Å²) < 4.78 is 27.0. The van der Waals surface area contributed by atoms with Gasteiger partial charge in [0, 0.05) is 44.8 Å². The lowest BCUT2D eigenvalue weighted by Gasteiger charge is -2.34. The molecule has 1 aliphatic rings. The van der Waals surface area contributed by atoms with Crippen molar-refractivity contribution < 1.29 is 18.0 Å². The highest BCUT2D eigenvalue weighted by molar-refractivity contribution is 7.89. The third-order valence-electron chi connectivity index (χ3n) is 4.87. The van der Waals surface area contributed by atoms with E-state index in [1.165, 1.54) is 16.4 Å². The molecule has 1 aliphatic heterocycles. The third-order valence-corrected chi connectivity index (χ3v) is 6.83. The molecule has 0 aromatic heterocycles. The second-order valence-corrected chi connectivity index (χ2v) is 8.80. The van der Waals surface area contributed by atoms with Gasteiger partial charge >= 0.3 is 6.03 Å². The summed E-state index contributed by atoms with van der Waals surface area (Å²) in [4.78, 5) is 25.8. The van der Waals surface area contributed by atoms with Crippen LogP contribution in [0.15, 0.2) is 59.5 Å². The summed E-state index contributed by atoms with van der Waals surface area (Å²) in [5.41, 5.74) is 0.752. The van der Waals surface area contributed by atoms with Crippen LogP contribution in [0.4, 0.5) is 10.5 Å². The van der Waals surface area contributed by atoms with Gasteiger partial charge in [-0.05, 0) is 24.3 Å². The second-order valence-electron chi connectivity index (χ2n) is 6.89. The molecule has 0 aliphatic carbocycles. The minimum atomic E-state index is -3.80. The van der Waals surface area contributed by atoms with Gasteiger partial charge in [0.1, 0.15) is 6.07 Å². The van der Waals surface area contributed by atoms with E-state index in [0.717, 1.165) is 0 Å². The van der Waals surface area contributed by atoms with Crippen molar-refractivity contribution in [3.8, 4) is 6.07 Å². The molecule has 0 atom stereocenters. The highest BCUT2D eigenvalue weighted by Gasteiger charge is 2.31. The van der Waals surface area contributed by atoms with E-state index < -0.39 is 16.1 Å². The first kappa shape index (κ1) is 22.3. The van der Waals surface area contributed by atoms with Crippen LogP contribution in [0.25, 0.3) is 0 Å². The van der Waals surface area contributed by atoms with E-state index in [1.807, 2.05) is 12.1 Å². The van der Waals surface area contributed by atoms with Crippen LogP contribution in [0.1, 0.15) is 12.0 Å². The number of anilines is 1. The number of nitrogens with zero attached hydrogens (tertiary/aromatic N) is 3. The van der Waals surface area contributed by atoms with Gasteiger partial charge in [-0.25, -0.2) is 13.2 Å². The maximum Gasteiger partial charge on any atom is 0.319 e. The number of hydrogen-bond donors (Lipinski definition) is 2. The van der Waals surface area contributed by atoms with Crippen molar-refractivity contribution in [2.24, 2.45) is 0 Å². The number of para-hydroxylation sites is 1. The molecule has 0 bridgehead atoms. The standard InChI is InChI=1S/C21H23N5O4S/c22-16-17-6-4-5-9-19(17)31(29,30)26-14-12-25(13-15-26)20(27)10-11-23-21(28)24-18-7-2-1-3-8-18/h1-9H,10-15H2,(H2,23,24,28). The summed E-state index contributed by atoms with van der Waals surface area (Å²) in [6.07, 6.45) is 0.117. The van der Waals surface area contributed by atoms with Crippen LogP contribution < -0.4 is 10.6 Å². The number of amides is 3. The Kier molecular flexibility index (Phi) is 7.23. The van der Waals surface area contributed by atoms with Gasteiger partial charge in [-0.15, -0.1) is 0 Å². The van der Waals surface area contributed by atoms with E-state index in [0.29, 0.717) is 5.69 Å². The SMILES string of the molecule is N#Cc1ccccc1S(=O)(=O)N1CCN(C(=O)CCNC(=O)Nc2ccccc2)CC1. The maximum atomic E-state index is 12.9. The van der Waals surface area contributed by atoms with Crippen LogP contribution in [-0.4, -0.2) is 62.3 Å². The summed E-state index contributed by atoms with van der Waals surface area (Å²) in [5, 5.41) is 14.5. The Bertz CT molecular complexity index is 1070. The number of hydrogen-bond acceptors (Lipinski definition) is 5. The number of piperazine rings is 1. The number of sulfonamides is 1. The Morgan fingerprint density at radius 3 is 2.29 bits per heavy atom. The Morgan fingerprint density at radius 2 is 1.61 bits per heavy atom. The summed E-state index contributed by atoms with van der Waals surface area (Å²) in [7, 11) is -3.80. The third kappa shape index (κ3) is 5.59. The minimum Gasteiger partial charge on any atom is -0.340 e. The van der Waals surface area contributed by atoms with E-state index in [1.54, 1.807) is 41.3 Å². The van der Waals surface area contributed by atoms with Crippen molar-refractivity contribution >= 4 is 27.6 Å². The predicted molar refractivity (Wildman–Crippen MR) is 115 cm³/mol. The van der Waals surface area contributed by atoms with Gasteiger partial charge < -0.3 is 15.5 Å². The summed E-state index contributed by atoms with van der Waals surface area (Å²) in [6, 6.07) is 16.5. The van der Waals surface area contributed by atoms with Gasteiger partial charge in [-0.1, -0.05) is 30.3 Å². The summed E-state index contributed by atoms with van der Waals surface area (Å²) >= 11 is 0. The molecule has 9 nitrogen and oxygen atoms in total. The summed E-state index contributed by atoms with van der Waals surface area (Å²) in [5.74, 6) is -0.158.